The van der Waals surface area contributed by atoms with Gasteiger partial charge in [0.25, 0.3) is 5.56 Å². The van der Waals surface area contributed by atoms with Crippen molar-refractivity contribution in [3.8, 4) is 5.75 Å². The van der Waals surface area contributed by atoms with Crippen LogP contribution in [0.2, 0.25) is 0 Å². The van der Waals surface area contributed by atoms with Crippen LogP contribution in [0.1, 0.15) is 24.0 Å². The average molecular weight is 342 g/mol. The number of benzene rings is 1. The van der Waals surface area contributed by atoms with E-state index in [2.05, 4.69) is 22.4 Å². The van der Waals surface area contributed by atoms with E-state index in [0.717, 1.165) is 42.2 Å². The van der Waals surface area contributed by atoms with Crippen molar-refractivity contribution in [1.29, 1.82) is 0 Å². The molecule has 1 saturated heterocycles. The number of methoxy groups -OCH3 is 1. The minimum Gasteiger partial charge on any atom is -0.497 e. The van der Waals surface area contributed by atoms with Gasteiger partial charge in [-0.15, -0.1) is 0 Å². The van der Waals surface area contributed by atoms with Crippen molar-refractivity contribution in [3.05, 3.63) is 51.8 Å². The topological polar surface area (TPSA) is 59.4 Å². The highest BCUT2D eigenvalue weighted by atomic mass is 16.5. The quantitative estimate of drug-likeness (QED) is 0.902. The van der Waals surface area contributed by atoms with Crippen LogP contribution < -0.4 is 15.6 Å². The minimum atomic E-state index is -0.0837. The Morgan fingerprint density at radius 3 is 2.76 bits per heavy atom. The van der Waals surface area contributed by atoms with Crippen molar-refractivity contribution >= 4 is 5.82 Å². The third-order valence-corrected chi connectivity index (χ3v) is 4.65. The Balaban J connectivity index is 1.78. The highest BCUT2D eigenvalue weighted by Crippen LogP contribution is 2.16. The van der Waals surface area contributed by atoms with E-state index in [4.69, 9.17) is 4.74 Å². The van der Waals surface area contributed by atoms with Gasteiger partial charge in [-0.25, -0.2) is 4.68 Å². The van der Waals surface area contributed by atoms with E-state index in [1.54, 1.807) is 13.2 Å². The second-order valence-corrected chi connectivity index (χ2v) is 6.77. The molecular weight excluding hydrogens is 316 g/mol. The summed E-state index contributed by atoms with van der Waals surface area (Å²) in [5.74, 6) is 1.60. The largest absolute Gasteiger partial charge is 0.497 e. The molecule has 2 heterocycles. The van der Waals surface area contributed by atoms with Gasteiger partial charge < -0.3 is 15.0 Å². The average Bonchev–Trinajstić information content (AvgIpc) is 2.60. The zero-order valence-corrected chi connectivity index (χ0v) is 15.2. The van der Waals surface area contributed by atoms with Crippen LogP contribution in [0.15, 0.2) is 35.1 Å². The lowest BCUT2D eigenvalue weighted by molar-refractivity contribution is 0.260. The first-order chi connectivity index (χ1) is 12.0. The van der Waals surface area contributed by atoms with E-state index < -0.39 is 0 Å². The SMILES string of the molecule is COc1ccc(Cn2nc(N[C@@H]3CCCN(C)C3)c(C)cc2=O)cc1. The van der Waals surface area contributed by atoms with Crippen LogP contribution >= 0.6 is 0 Å². The first kappa shape index (κ1) is 17.5. The van der Waals surface area contributed by atoms with Gasteiger partial charge in [-0.3, -0.25) is 4.79 Å². The van der Waals surface area contributed by atoms with E-state index in [1.165, 1.54) is 11.1 Å². The second-order valence-electron chi connectivity index (χ2n) is 6.77. The molecule has 1 aliphatic rings. The molecule has 0 unspecified atom stereocenters. The smallest absolute Gasteiger partial charge is 0.267 e. The Morgan fingerprint density at radius 2 is 2.08 bits per heavy atom. The lowest BCUT2D eigenvalue weighted by Crippen LogP contribution is -2.40. The molecular formula is C19H26N4O2. The molecule has 0 bridgehead atoms. The van der Waals surface area contributed by atoms with Crippen molar-refractivity contribution in [2.75, 3.05) is 32.6 Å². The molecule has 134 valence electrons. The van der Waals surface area contributed by atoms with Crippen LogP contribution in [-0.4, -0.2) is 48.0 Å². The lowest BCUT2D eigenvalue weighted by atomic mass is 10.1. The maximum Gasteiger partial charge on any atom is 0.267 e. The summed E-state index contributed by atoms with van der Waals surface area (Å²) >= 11 is 0. The molecule has 0 saturated carbocycles. The molecule has 1 aliphatic heterocycles. The summed E-state index contributed by atoms with van der Waals surface area (Å²) in [7, 11) is 3.78. The Kier molecular flexibility index (Phi) is 5.38. The third-order valence-electron chi connectivity index (χ3n) is 4.65. The van der Waals surface area contributed by atoms with Crippen LogP contribution in [-0.2, 0) is 6.54 Å². The summed E-state index contributed by atoms with van der Waals surface area (Å²) in [6, 6.07) is 9.73. The summed E-state index contributed by atoms with van der Waals surface area (Å²) < 4.78 is 6.69. The number of aromatic nitrogens is 2. The van der Waals surface area contributed by atoms with Gasteiger partial charge in [-0.05, 0) is 56.6 Å². The van der Waals surface area contributed by atoms with Gasteiger partial charge in [-0.2, -0.15) is 5.10 Å². The van der Waals surface area contributed by atoms with Gasteiger partial charge >= 0.3 is 0 Å². The summed E-state index contributed by atoms with van der Waals surface area (Å²) in [4.78, 5) is 14.6. The van der Waals surface area contributed by atoms with E-state index in [1.807, 2.05) is 31.2 Å². The highest BCUT2D eigenvalue weighted by Gasteiger charge is 2.18. The zero-order chi connectivity index (χ0) is 17.8. The number of anilines is 1. The summed E-state index contributed by atoms with van der Waals surface area (Å²) in [6.45, 7) is 4.52. The van der Waals surface area contributed by atoms with Crippen LogP contribution in [0.25, 0.3) is 0 Å². The number of ether oxygens (including phenoxy) is 1. The normalized spacial score (nSPS) is 18.1. The van der Waals surface area contributed by atoms with Crippen LogP contribution in [0.5, 0.6) is 5.75 Å². The number of rotatable bonds is 5. The van der Waals surface area contributed by atoms with Gasteiger partial charge in [0, 0.05) is 18.7 Å². The van der Waals surface area contributed by atoms with Gasteiger partial charge in [0.05, 0.1) is 13.7 Å². The number of piperidine rings is 1. The van der Waals surface area contributed by atoms with Crippen LogP contribution in [0.3, 0.4) is 0 Å². The Bertz CT molecular complexity index is 770. The number of nitrogens with one attached hydrogen (secondary N) is 1. The van der Waals surface area contributed by atoms with Gasteiger partial charge in [0.15, 0.2) is 0 Å². The molecule has 6 heteroatoms. The zero-order valence-electron chi connectivity index (χ0n) is 15.2. The molecule has 25 heavy (non-hydrogen) atoms. The van der Waals surface area contributed by atoms with E-state index in [0.29, 0.717) is 12.6 Å². The molecule has 3 rings (SSSR count). The van der Waals surface area contributed by atoms with Crippen molar-refractivity contribution in [2.45, 2.75) is 32.4 Å². The number of aryl methyl sites for hydroxylation is 1. The molecule has 1 aromatic heterocycles. The Morgan fingerprint density at radius 1 is 1.32 bits per heavy atom. The molecule has 1 N–H and O–H groups in total. The first-order valence-electron chi connectivity index (χ1n) is 8.72. The molecule has 0 aliphatic carbocycles. The monoisotopic (exact) mass is 342 g/mol. The Labute approximate surface area is 148 Å². The van der Waals surface area contributed by atoms with Crippen molar-refractivity contribution < 1.29 is 4.74 Å². The molecule has 2 aromatic rings. The standard InChI is InChI=1S/C19H26N4O2/c1-14-11-18(24)23(12-15-6-8-17(25-3)9-7-15)21-19(14)20-16-5-4-10-22(2)13-16/h6-9,11,16H,4-5,10,12-13H2,1-3H3,(H,20,21)/t16-/m1/s1. The van der Waals surface area contributed by atoms with Crippen molar-refractivity contribution in [2.24, 2.45) is 0 Å². The molecule has 0 spiro atoms. The van der Waals surface area contributed by atoms with Gasteiger partial charge in [0.2, 0.25) is 0 Å². The summed E-state index contributed by atoms with van der Waals surface area (Å²) in [6.07, 6.45) is 2.31. The number of hydrogen-bond donors (Lipinski definition) is 1. The number of likely N-dealkylation sites (N-methyl/N-ethyl adjacent to an activating group) is 1. The lowest BCUT2D eigenvalue weighted by Gasteiger charge is -2.30. The van der Waals surface area contributed by atoms with E-state index >= 15 is 0 Å². The number of likely N-dealkylation sites (tertiary alicyclic amines) is 1. The fraction of sp³-hybridized carbons (Fsp3) is 0.474. The van der Waals surface area contributed by atoms with E-state index in [-0.39, 0.29) is 5.56 Å². The first-order valence-corrected chi connectivity index (χ1v) is 8.72. The highest BCUT2D eigenvalue weighted by molar-refractivity contribution is 5.42. The predicted molar refractivity (Wildman–Crippen MR) is 99.5 cm³/mol. The van der Waals surface area contributed by atoms with Gasteiger partial charge in [0.1, 0.15) is 11.6 Å². The van der Waals surface area contributed by atoms with Crippen LogP contribution in [0.4, 0.5) is 5.82 Å². The molecule has 6 nitrogen and oxygen atoms in total. The predicted octanol–water partition coefficient (Wildman–Crippen LogP) is 2.11. The van der Waals surface area contributed by atoms with Crippen LogP contribution in [0, 0.1) is 6.92 Å². The minimum absolute atomic E-state index is 0.0837. The van der Waals surface area contributed by atoms with Crippen molar-refractivity contribution in [1.82, 2.24) is 14.7 Å². The maximum absolute atomic E-state index is 12.3. The molecule has 0 radical (unpaired) electrons. The third kappa shape index (κ3) is 4.39. The fourth-order valence-electron chi connectivity index (χ4n) is 3.21. The number of hydrogen-bond acceptors (Lipinski definition) is 5. The van der Waals surface area contributed by atoms with Gasteiger partial charge in [-0.1, -0.05) is 12.1 Å². The van der Waals surface area contributed by atoms with E-state index in [9.17, 15) is 4.79 Å². The molecule has 1 aromatic carbocycles. The second kappa shape index (κ2) is 7.70. The molecule has 1 atom stereocenters. The summed E-state index contributed by atoms with van der Waals surface area (Å²) in [5.41, 5.74) is 1.83. The maximum atomic E-state index is 12.3. The fourth-order valence-corrected chi connectivity index (χ4v) is 3.21. The van der Waals surface area contributed by atoms with Crippen molar-refractivity contribution in [3.63, 3.8) is 0 Å². The Hall–Kier alpha value is -2.34. The molecule has 0 amide bonds. The molecule has 1 fully saturated rings. The summed E-state index contributed by atoms with van der Waals surface area (Å²) in [5, 5.41) is 8.09. The number of nitrogens with zero attached hydrogens (tertiary/aromatic N) is 3.